The van der Waals surface area contributed by atoms with E-state index in [1.54, 1.807) is 12.4 Å². The van der Waals surface area contributed by atoms with Crippen LogP contribution in [0.15, 0.2) is 18.6 Å². The van der Waals surface area contributed by atoms with Gasteiger partial charge in [0.2, 0.25) is 0 Å². The van der Waals surface area contributed by atoms with Crippen LogP contribution >= 0.6 is 0 Å². The monoisotopic (exact) mass is 207 g/mol. The predicted octanol–water partition coefficient (Wildman–Crippen LogP) is 2.56. The number of nitrogens with one attached hydrogen (secondary N) is 1. The summed E-state index contributed by atoms with van der Waals surface area (Å²) in [6.45, 7) is 7.59. The van der Waals surface area contributed by atoms with Gasteiger partial charge in [0.1, 0.15) is 0 Å². The van der Waals surface area contributed by atoms with Crippen molar-refractivity contribution in [3.63, 3.8) is 0 Å². The van der Waals surface area contributed by atoms with Crippen molar-refractivity contribution >= 4 is 0 Å². The van der Waals surface area contributed by atoms with Crippen LogP contribution in [0.5, 0.6) is 0 Å². The highest BCUT2D eigenvalue weighted by Gasteiger charge is 2.11. The van der Waals surface area contributed by atoms with Gasteiger partial charge in [0, 0.05) is 18.6 Å². The van der Waals surface area contributed by atoms with Crippen molar-refractivity contribution in [2.75, 3.05) is 6.54 Å². The van der Waals surface area contributed by atoms with Crippen LogP contribution in [0.1, 0.15) is 45.3 Å². The zero-order valence-electron chi connectivity index (χ0n) is 9.90. The third-order valence-electron chi connectivity index (χ3n) is 2.42. The van der Waals surface area contributed by atoms with Gasteiger partial charge < -0.3 is 5.32 Å². The smallest absolute Gasteiger partial charge is 0.0756 e. The van der Waals surface area contributed by atoms with E-state index in [1.165, 1.54) is 6.42 Å². The quantitative estimate of drug-likeness (QED) is 0.779. The van der Waals surface area contributed by atoms with E-state index in [0.29, 0.717) is 6.04 Å². The molecular weight excluding hydrogens is 186 g/mol. The van der Waals surface area contributed by atoms with Gasteiger partial charge in [0.05, 0.1) is 11.7 Å². The van der Waals surface area contributed by atoms with Gasteiger partial charge in [-0.2, -0.15) is 0 Å². The fraction of sp³-hybridized carbons (Fsp3) is 0.667. The molecule has 1 heterocycles. The van der Waals surface area contributed by atoms with Crippen molar-refractivity contribution in [3.05, 3.63) is 24.3 Å². The molecule has 0 aliphatic carbocycles. The van der Waals surface area contributed by atoms with E-state index in [-0.39, 0.29) is 0 Å². The maximum absolute atomic E-state index is 4.35. The lowest BCUT2D eigenvalue weighted by molar-refractivity contribution is 0.440. The molecule has 0 saturated carbocycles. The van der Waals surface area contributed by atoms with Crippen molar-refractivity contribution in [1.82, 2.24) is 15.3 Å². The Bertz CT molecular complexity index is 259. The maximum atomic E-state index is 4.35. The van der Waals surface area contributed by atoms with Gasteiger partial charge in [-0.25, -0.2) is 0 Å². The molecule has 15 heavy (non-hydrogen) atoms. The number of hydrogen-bond donors (Lipinski definition) is 1. The third kappa shape index (κ3) is 4.38. The number of hydrogen-bond acceptors (Lipinski definition) is 3. The minimum atomic E-state index is 0.353. The lowest BCUT2D eigenvalue weighted by Gasteiger charge is -2.17. The Morgan fingerprint density at radius 1 is 1.27 bits per heavy atom. The average molecular weight is 207 g/mol. The minimum Gasteiger partial charge on any atom is -0.309 e. The second-order valence-corrected chi connectivity index (χ2v) is 4.21. The van der Waals surface area contributed by atoms with Crippen LogP contribution in [-0.4, -0.2) is 16.5 Å². The lowest BCUT2D eigenvalue weighted by Crippen LogP contribution is -2.22. The van der Waals surface area contributed by atoms with Crippen molar-refractivity contribution in [3.8, 4) is 0 Å². The van der Waals surface area contributed by atoms with Gasteiger partial charge in [-0.3, -0.25) is 9.97 Å². The molecule has 0 amide bonds. The highest BCUT2D eigenvalue weighted by atomic mass is 14.9. The van der Waals surface area contributed by atoms with Crippen LogP contribution in [0.25, 0.3) is 0 Å². The molecule has 0 fully saturated rings. The van der Waals surface area contributed by atoms with Gasteiger partial charge in [-0.1, -0.05) is 20.8 Å². The lowest BCUT2D eigenvalue weighted by atomic mass is 10.0. The largest absolute Gasteiger partial charge is 0.309 e. The fourth-order valence-electron chi connectivity index (χ4n) is 1.59. The van der Waals surface area contributed by atoms with Crippen LogP contribution in [0.2, 0.25) is 0 Å². The summed E-state index contributed by atoms with van der Waals surface area (Å²) in [4.78, 5) is 8.46. The standard InChI is InChI=1S/C12H21N3/c1-4-14-11(6-5-10(2)3)12-9-13-7-8-15-12/h7-11,14H,4-6H2,1-3H3. The van der Waals surface area contributed by atoms with E-state index in [9.17, 15) is 0 Å². The molecule has 1 aromatic rings. The first-order valence-electron chi connectivity index (χ1n) is 5.73. The number of rotatable bonds is 6. The molecule has 3 nitrogen and oxygen atoms in total. The number of nitrogens with zero attached hydrogens (tertiary/aromatic N) is 2. The summed E-state index contributed by atoms with van der Waals surface area (Å²) in [6, 6.07) is 0.353. The van der Waals surface area contributed by atoms with Gasteiger partial charge in [0.15, 0.2) is 0 Å². The van der Waals surface area contributed by atoms with E-state index in [2.05, 4.69) is 36.1 Å². The molecule has 0 bridgehead atoms. The Morgan fingerprint density at radius 3 is 2.60 bits per heavy atom. The van der Waals surface area contributed by atoms with Crippen molar-refractivity contribution in [2.45, 2.75) is 39.7 Å². The highest BCUT2D eigenvalue weighted by Crippen LogP contribution is 2.18. The summed E-state index contributed by atoms with van der Waals surface area (Å²) >= 11 is 0. The van der Waals surface area contributed by atoms with Gasteiger partial charge in [-0.15, -0.1) is 0 Å². The van der Waals surface area contributed by atoms with Crippen LogP contribution in [0, 0.1) is 5.92 Å². The van der Waals surface area contributed by atoms with E-state index in [4.69, 9.17) is 0 Å². The summed E-state index contributed by atoms with van der Waals surface area (Å²) in [5, 5.41) is 3.45. The van der Waals surface area contributed by atoms with Crippen LogP contribution in [0.3, 0.4) is 0 Å². The average Bonchev–Trinajstić information content (AvgIpc) is 2.25. The van der Waals surface area contributed by atoms with E-state index >= 15 is 0 Å². The molecule has 0 saturated heterocycles. The molecule has 1 unspecified atom stereocenters. The minimum absolute atomic E-state index is 0.353. The van der Waals surface area contributed by atoms with Crippen molar-refractivity contribution < 1.29 is 0 Å². The fourth-order valence-corrected chi connectivity index (χ4v) is 1.59. The molecule has 0 aromatic carbocycles. The summed E-state index contributed by atoms with van der Waals surface area (Å²) in [5.41, 5.74) is 1.06. The predicted molar refractivity (Wildman–Crippen MR) is 62.5 cm³/mol. The van der Waals surface area contributed by atoms with Gasteiger partial charge in [0.25, 0.3) is 0 Å². The Labute approximate surface area is 92.3 Å². The summed E-state index contributed by atoms with van der Waals surface area (Å²) in [5.74, 6) is 0.739. The molecule has 0 aliphatic rings. The molecule has 1 aromatic heterocycles. The van der Waals surface area contributed by atoms with Crippen LogP contribution in [-0.2, 0) is 0 Å². The highest BCUT2D eigenvalue weighted by molar-refractivity contribution is 5.01. The molecule has 0 aliphatic heterocycles. The molecule has 1 N–H and O–H groups in total. The zero-order valence-corrected chi connectivity index (χ0v) is 9.90. The molecule has 0 radical (unpaired) electrons. The third-order valence-corrected chi connectivity index (χ3v) is 2.42. The van der Waals surface area contributed by atoms with E-state index in [1.807, 2.05) is 6.20 Å². The van der Waals surface area contributed by atoms with Gasteiger partial charge in [-0.05, 0) is 25.3 Å². The topological polar surface area (TPSA) is 37.8 Å². The van der Waals surface area contributed by atoms with Crippen LogP contribution in [0.4, 0.5) is 0 Å². The molecule has 0 spiro atoms. The van der Waals surface area contributed by atoms with E-state index in [0.717, 1.165) is 24.6 Å². The van der Waals surface area contributed by atoms with Crippen molar-refractivity contribution in [2.24, 2.45) is 5.92 Å². The summed E-state index contributed by atoms with van der Waals surface area (Å²) < 4.78 is 0. The van der Waals surface area contributed by atoms with Crippen LogP contribution < -0.4 is 5.32 Å². The maximum Gasteiger partial charge on any atom is 0.0756 e. The first-order valence-corrected chi connectivity index (χ1v) is 5.73. The Morgan fingerprint density at radius 2 is 2.07 bits per heavy atom. The zero-order chi connectivity index (χ0) is 11.1. The normalized spacial score (nSPS) is 13.1. The molecule has 3 heteroatoms. The first-order chi connectivity index (χ1) is 7.24. The molecule has 1 atom stereocenters. The Kier molecular flexibility index (Phi) is 5.26. The molecule has 1 rings (SSSR count). The molecule has 84 valence electrons. The summed E-state index contributed by atoms with van der Waals surface area (Å²) in [7, 11) is 0. The number of aromatic nitrogens is 2. The second kappa shape index (κ2) is 6.51. The van der Waals surface area contributed by atoms with Gasteiger partial charge >= 0.3 is 0 Å². The Hall–Kier alpha value is -0.960. The van der Waals surface area contributed by atoms with Crippen molar-refractivity contribution in [1.29, 1.82) is 0 Å². The Balaban J connectivity index is 2.57. The van der Waals surface area contributed by atoms with E-state index < -0.39 is 0 Å². The SMILES string of the molecule is CCNC(CCC(C)C)c1cnccn1. The molecular formula is C12H21N3. The summed E-state index contributed by atoms with van der Waals surface area (Å²) in [6.07, 6.45) is 7.68. The second-order valence-electron chi connectivity index (χ2n) is 4.21. The first kappa shape index (κ1) is 12.1.